The van der Waals surface area contributed by atoms with E-state index in [9.17, 15) is 0 Å². The average molecular weight is 209 g/mol. The molecule has 74 valence electrons. The number of anilines is 1. The number of hydrogen-bond donors (Lipinski definition) is 0. The van der Waals surface area contributed by atoms with Gasteiger partial charge in [0.05, 0.1) is 12.6 Å². The highest BCUT2D eigenvalue weighted by molar-refractivity contribution is 7.49. The third-order valence-corrected chi connectivity index (χ3v) is 4.33. The Bertz CT molecular complexity index is 356. The second kappa shape index (κ2) is 3.20. The van der Waals surface area contributed by atoms with Gasteiger partial charge in [-0.3, -0.25) is 0 Å². The van der Waals surface area contributed by atoms with Crippen LogP contribution < -0.4 is 4.67 Å². The van der Waals surface area contributed by atoms with Crippen LogP contribution in [-0.2, 0) is 15.5 Å². The molecule has 1 unspecified atom stereocenters. The van der Waals surface area contributed by atoms with Crippen molar-refractivity contribution in [1.82, 2.24) is 0 Å². The maximum Gasteiger partial charge on any atom is 0.290 e. The summed E-state index contributed by atoms with van der Waals surface area (Å²) in [6, 6.07) is 9.01. The number of benzene rings is 1. The van der Waals surface area contributed by atoms with Crippen LogP contribution in [0.1, 0.15) is 5.56 Å². The molecule has 2 aliphatic heterocycles. The van der Waals surface area contributed by atoms with E-state index in [-0.39, 0.29) is 0 Å². The SMILES string of the molecule is COP1OC[C@H]2Cc3ccccc3N21. The maximum absolute atomic E-state index is 5.59. The third-order valence-electron chi connectivity index (χ3n) is 2.75. The van der Waals surface area contributed by atoms with Crippen LogP contribution in [0.2, 0.25) is 0 Å². The third kappa shape index (κ3) is 1.10. The van der Waals surface area contributed by atoms with Crippen LogP contribution in [0, 0.1) is 0 Å². The Morgan fingerprint density at radius 1 is 1.50 bits per heavy atom. The summed E-state index contributed by atoms with van der Waals surface area (Å²) in [7, 11) is 0.881. The lowest BCUT2D eigenvalue weighted by Gasteiger charge is -2.21. The molecular weight excluding hydrogens is 197 g/mol. The number of rotatable bonds is 1. The monoisotopic (exact) mass is 209 g/mol. The molecule has 1 saturated heterocycles. The fourth-order valence-corrected chi connectivity index (χ4v) is 3.64. The molecule has 3 nitrogen and oxygen atoms in total. The molecule has 0 spiro atoms. The summed E-state index contributed by atoms with van der Waals surface area (Å²) in [4.78, 5) is 0. The van der Waals surface area contributed by atoms with E-state index in [4.69, 9.17) is 9.05 Å². The highest BCUT2D eigenvalue weighted by Gasteiger charge is 2.41. The Hall–Kier alpha value is -0.630. The zero-order chi connectivity index (χ0) is 9.54. The highest BCUT2D eigenvalue weighted by atomic mass is 31.2. The Labute approximate surface area is 84.6 Å². The number of nitrogens with zero attached hydrogens (tertiary/aromatic N) is 1. The summed E-state index contributed by atoms with van der Waals surface area (Å²) in [5, 5.41) is 0. The minimum Gasteiger partial charge on any atom is -0.321 e. The molecule has 2 heterocycles. The summed E-state index contributed by atoms with van der Waals surface area (Å²) >= 11 is 0. The first-order valence-corrected chi connectivity index (χ1v) is 5.87. The molecule has 0 aliphatic carbocycles. The average Bonchev–Trinajstić information content (AvgIpc) is 2.75. The van der Waals surface area contributed by atoms with Gasteiger partial charge in [0.1, 0.15) is 0 Å². The Kier molecular flexibility index (Phi) is 1.98. The molecule has 1 fully saturated rings. The van der Waals surface area contributed by atoms with Crippen molar-refractivity contribution in [3.05, 3.63) is 29.8 Å². The molecule has 2 atom stereocenters. The largest absolute Gasteiger partial charge is 0.321 e. The Balaban J connectivity index is 2.02. The molecule has 1 aromatic carbocycles. The van der Waals surface area contributed by atoms with Gasteiger partial charge in [-0.25, -0.2) is 0 Å². The van der Waals surface area contributed by atoms with Crippen LogP contribution in [0.25, 0.3) is 0 Å². The van der Waals surface area contributed by atoms with E-state index in [0.29, 0.717) is 6.04 Å². The van der Waals surface area contributed by atoms with Crippen molar-refractivity contribution in [3.63, 3.8) is 0 Å². The molecule has 0 amide bonds. The van der Waals surface area contributed by atoms with E-state index in [2.05, 4.69) is 28.9 Å². The molecule has 2 aliphatic rings. The Morgan fingerprint density at radius 2 is 2.36 bits per heavy atom. The highest BCUT2D eigenvalue weighted by Crippen LogP contribution is 2.55. The fraction of sp³-hybridized carbons (Fsp3) is 0.400. The summed E-state index contributed by atoms with van der Waals surface area (Å²) in [5.74, 6) is 0. The normalized spacial score (nSPS) is 29.1. The zero-order valence-corrected chi connectivity index (χ0v) is 8.91. The zero-order valence-electron chi connectivity index (χ0n) is 8.01. The van der Waals surface area contributed by atoms with Gasteiger partial charge in [-0.05, 0) is 18.1 Å². The van der Waals surface area contributed by atoms with Crippen molar-refractivity contribution >= 4 is 14.2 Å². The van der Waals surface area contributed by atoms with E-state index in [0.717, 1.165) is 13.0 Å². The van der Waals surface area contributed by atoms with Crippen molar-refractivity contribution in [2.24, 2.45) is 0 Å². The molecule has 14 heavy (non-hydrogen) atoms. The quantitative estimate of drug-likeness (QED) is 0.662. The minimum absolute atomic E-state index is 0.499. The molecule has 4 heteroatoms. The van der Waals surface area contributed by atoms with E-state index in [1.807, 2.05) is 0 Å². The summed E-state index contributed by atoms with van der Waals surface area (Å²) in [6.45, 7) is 0.800. The topological polar surface area (TPSA) is 21.7 Å². The van der Waals surface area contributed by atoms with Gasteiger partial charge in [0.25, 0.3) is 8.53 Å². The predicted molar refractivity (Wildman–Crippen MR) is 56.3 cm³/mol. The standard InChI is InChI=1S/C10H12NO2P/c1-12-14-11-9(7-13-14)6-8-4-2-3-5-10(8)11/h2-5,9H,6-7H2,1H3/t9-,14?/m1/s1. The van der Waals surface area contributed by atoms with Gasteiger partial charge >= 0.3 is 0 Å². The lowest BCUT2D eigenvalue weighted by Crippen LogP contribution is -2.22. The lowest BCUT2D eigenvalue weighted by atomic mass is 10.1. The molecule has 0 radical (unpaired) electrons. The van der Waals surface area contributed by atoms with Gasteiger partial charge < -0.3 is 13.7 Å². The molecule has 0 aromatic heterocycles. The first kappa shape index (κ1) is 8.66. The second-order valence-electron chi connectivity index (χ2n) is 3.55. The molecule has 3 rings (SSSR count). The van der Waals surface area contributed by atoms with Crippen molar-refractivity contribution in [1.29, 1.82) is 0 Å². The van der Waals surface area contributed by atoms with Crippen molar-refractivity contribution in [3.8, 4) is 0 Å². The first-order valence-electron chi connectivity index (χ1n) is 4.74. The second-order valence-corrected chi connectivity index (χ2v) is 5.08. The molecule has 1 aromatic rings. The van der Waals surface area contributed by atoms with E-state index < -0.39 is 8.53 Å². The van der Waals surface area contributed by atoms with E-state index >= 15 is 0 Å². The van der Waals surface area contributed by atoms with Crippen LogP contribution in [0.5, 0.6) is 0 Å². The van der Waals surface area contributed by atoms with Gasteiger partial charge in [0, 0.05) is 12.8 Å². The molecular formula is C10H12NO2P. The van der Waals surface area contributed by atoms with Gasteiger partial charge in [0.2, 0.25) is 0 Å². The number of para-hydroxylation sites is 1. The van der Waals surface area contributed by atoms with Gasteiger partial charge in [-0.15, -0.1) is 0 Å². The maximum atomic E-state index is 5.59. The molecule has 0 bridgehead atoms. The van der Waals surface area contributed by atoms with Gasteiger partial charge in [-0.1, -0.05) is 18.2 Å². The van der Waals surface area contributed by atoms with Gasteiger partial charge in [-0.2, -0.15) is 0 Å². The number of fused-ring (bicyclic) bond motifs is 3. The first-order chi connectivity index (χ1) is 6.90. The Morgan fingerprint density at radius 3 is 3.21 bits per heavy atom. The van der Waals surface area contributed by atoms with E-state index in [1.54, 1.807) is 7.11 Å². The smallest absolute Gasteiger partial charge is 0.290 e. The van der Waals surface area contributed by atoms with Crippen molar-refractivity contribution in [2.75, 3.05) is 18.4 Å². The molecule has 0 saturated carbocycles. The fourth-order valence-electron chi connectivity index (χ4n) is 2.15. The summed E-state index contributed by atoms with van der Waals surface area (Å²) in [6.07, 6.45) is 1.10. The summed E-state index contributed by atoms with van der Waals surface area (Å²) in [5.41, 5.74) is 2.72. The predicted octanol–water partition coefficient (Wildman–Crippen LogP) is 2.32. The summed E-state index contributed by atoms with van der Waals surface area (Å²) < 4.78 is 13.2. The van der Waals surface area contributed by atoms with Crippen LogP contribution >= 0.6 is 8.53 Å². The van der Waals surface area contributed by atoms with Crippen LogP contribution in [0.4, 0.5) is 5.69 Å². The lowest BCUT2D eigenvalue weighted by molar-refractivity contribution is 0.307. The minimum atomic E-state index is -0.837. The van der Waals surface area contributed by atoms with E-state index in [1.165, 1.54) is 11.3 Å². The van der Waals surface area contributed by atoms with Gasteiger partial charge in [0.15, 0.2) is 0 Å². The van der Waals surface area contributed by atoms with Crippen molar-refractivity contribution < 1.29 is 9.05 Å². The van der Waals surface area contributed by atoms with Crippen LogP contribution in [-0.4, -0.2) is 19.8 Å². The van der Waals surface area contributed by atoms with Crippen molar-refractivity contribution in [2.45, 2.75) is 12.5 Å². The molecule has 0 N–H and O–H groups in total. The van der Waals surface area contributed by atoms with Crippen LogP contribution in [0.15, 0.2) is 24.3 Å². The number of hydrogen-bond acceptors (Lipinski definition) is 3. The van der Waals surface area contributed by atoms with Crippen LogP contribution in [0.3, 0.4) is 0 Å².